The lowest BCUT2D eigenvalue weighted by atomic mass is 10.1. The van der Waals surface area contributed by atoms with Crippen LogP contribution < -0.4 is 0 Å². The molecular weight excluding hydrogens is 278 g/mol. The predicted octanol–water partition coefficient (Wildman–Crippen LogP) is 3.07. The normalized spacial score (nSPS) is 13.6. The van der Waals surface area contributed by atoms with Crippen molar-refractivity contribution in [3.05, 3.63) is 39.9 Å². The highest BCUT2D eigenvalue weighted by molar-refractivity contribution is 7.99. The smallest absolute Gasteiger partial charge is 0.303 e. The quantitative estimate of drug-likeness (QED) is 0.335. The van der Waals surface area contributed by atoms with Crippen LogP contribution in [0.3, 0.4) is 0 Å². The standard InChI is InChI=1S/C14H19NO4S/c1-10-4-6-13(7-5-10)20-9-8-14(19-12(3)16)11(2)15(17)18/h4-7,11,14H,8-9H2,1-3H3. The monoisotopic (exact) mass is 297 g/mol. The van der Waals surface area contributed by atoms with Gasteiger partial charge < -0.3 is 4.74 Å². The van der Waals surface area contributed by atoms with Gasteiger partial charge in [-0.2, -0.15) is 0 Å². The Balaban J connectivity index is 2.51. The van der Waals surface area contributed by atoms with E-state index in [1.165, 1.54) is 19.4 Å². The third-order valence-electron chi connectivity index (χ3n) is 2.88. The van der Waals surface area contributed by atoms with Crippen LogP contribution in [0.15, 0.2) is 29.2 Å². The molecule has 2 unspecified atom stereocenters. The van der Waals surface area contributed by atoms with Gasteiger partial charge in [-0.15, -0.1) is 11.8 Å². The Morgan fingerprint density at radius 2 is 2.00 bits per heavy atom. The van der Waals surface area contributed by atoms with Crippen molar-refractivity contribution in [3.8, 4) is 0 Å². The molecule has 1 rings (SSSR count). The lowest BCUT2D eigenvalue weighted by Gasteiger charge is -2.17. The molecule has 0 spiro atoms. The Hall–Kier alpha value is -1.56. The lowest BCUT2D eigenvalue weighted by molar-refractivity contribution is -0.529. The van der Waals surface area contributed by atoms with E-state index in [1.807, 2.05) is 31.2 Å². The molecule has 0 N–H and O–H groups in total. The fourth-order valence-corrected chi connectivity index (χ4v) is 2.59. The van der Waals surface area contributed by atoms with Crippen LogP contribution in [0, 0.1) is 17.0 Å². The Morgan fingerprint density at radius 3 is 2.50 bits per heavy atom. The first-order chi connectivity index (χ1) is 9.40. The van der Waals surface area contributed by atoms with Gasteiger partial charge in [0.25, 0.3) is 0 Å². The van der Waals surface area contributed by atoms with E-state index in [9.17, 15) is 14.9 Å². The molecular formula is C14H19NO4S. The van der Waals surface area contributed by atoms with Crippen molar-refractivity contribution in [2.45, 2.75) is 44.2 Å². The van der Waals surface area contributed by atoms with Crippen molar-refractivity contribution in [2.24, 2.45) is 0 Å². The molecule has 0 aromatic heterocycles. The van der Waals surface area contributed by atoms with Gasteiger partial charge in [0.15, 0.2) is 6.10 Å². The van der Waals surface area contributed by atoms with Gasteiger partial charge in [-0.25, -0.2) is 0 Å². The van der Waals surface area contributed by atoms with E-state index in [1.54, 1.807) is 11.8 Å². The number of hydrogen-bond donors (Lipinski definition) is 0. The number of esters is 1. The van der Waals surface area contributed by atoms with E-state index in [2.05, 4.69) is 0 Å². The van der Waals surface area contributed by atoms with Crippen molar-refractivity contribution in [1.29, 1.82) is 0 Å². The second-order valence-electron chi connectivity index (χ2n) is 4.62. The van der Waals surface area contributed by atoms with Gasteiger partial charge in [-0.05, 0) is 19.1 Å². The van der Waals surface area contributed by atoms with Crippen LogP contribution in [-0.2, 0) is 9.53 Å². The number of nitrogens with zero attached hydrogens (tertiary/aromatic N) is 1. The van der Waals surface area contributed by atoms with Crippen LogP contribution in [-0.4, -0.2) is 28.8 Å². The van der Waals surface area contributed by atoms with Crippen LogP contribution in [0.1, 0.15) is 25.8 Å². The fraction of sp³-hybridized carbons (Fsp3) is 0.500. The molecule has 5 nitrogen and oxygen atoms in total. The third-order valence-corrected chi connectivity index (χ3v) is 3.93. The van der Waals surface area contributed by atoms with E-state index in [4.69, 9.17) is 4.74 Å². The summed E-state index contributed by atoms with van der Waals surface area (Å²) in [5.41, 5.74) is 1.19. The summed E-state index contributed by atoms with van der Waals surface area (Å²) in [7, 11) is 0. The van der Waals surface area contributed by atoms with Crippen molar-refractivity contribution in [1.82, 2.24) is 0 Å². The van der Waals surface area contributed by atoms with Crippen LogP contribution in [0.4, 0.5) is 0 Å². The highest BCUT2D eigenvalue weighted by Gasteiger charge is 2.28. The molecule has 0 aliphatic carbocycles. The number of rotatable bonds is 7. The van der Waals surface area contributed by atoms with Gasteiger partial charge in [-0.1, -0.05) is 17.7 Å². The van der Waals surface area contributed by atoms with Crippen LogP contribution >= 0.6 is 11.8 Å². The maximum Gasteiger partial charge on any atom is 0.303 e. The van der Waals surface area contributed by atoms with E-state index < -0.39 is 23.0 Å². The maximum absolute atomic E-state index is 11.0. The van der Waals surface area contributed by atoms with Gasteiger partial charge >= 0.3 is 5.97 Å². The largest absolute Gasteiger partial charge is 0.455 e. The molecule has 110 valence electrons. The van der Waals surface area contributed by atoms with E-state index in [0.29, 0.717) is 12.2 Å². The second-order valence-corrected chi connectivity index (χ2v) is 5.79. The van der Waals surface area contributed by atoms with Crippen LogP contribution in [0.25, 0.3) is 0 Å². The number of nitro groups is 1. The number of thioether (sulfide) groups is 1. The third kappa shape index (κ3) is 5.61. The van der Waals surface area contributed by atoms with E-state index in [0.717, 1.165) is 4.90 Å². The molecule has 1 aromatic rings. The maximum atomic E-state index is 11.0. The van der Waals surface area contributed by atoms with Crippen LogP contribution in [0.2, 0.25) is 0 Å². The molecule has 0 bridgehead atoms. The van der Waals surface area contributed by atoms with Gasteiger partial charge in [0, 0.05) is 35.8 Å². The molecule has 1 aromatic carbocycles. The topological polar surface area (TPSA) is 69.4 Å². The molecule has 0 amide bonds. The van der Waals surface area contributed by atoms with Gasteiger partial charge in [-0.3, -0.25) is 14.9 Å². The van der Waals surface area contributed by atoms with E-state index in [-0.39, 0.29) is 0 Å². The number of aryl methyl sites for hydroxylation is 1. The minimum atomic E-state index is -0.891. The average Bonchev–Trinajstić information content (AvgIpc) is 2.38. The summed E-state index contributed by atoms with van der Waals surface area (Å²) in [5, 5.41) is 10.8. The van der Waals surface area contributed by atoms with Crippen molar-refractivity contribution < 1.29 is 14.5 Å². The zero-order valence-corrected chi connectivity index (χ0v) is 12.7. The summed E-state index contributed by atoms with van der Waals surface area (Å²) in [6.45, 7) is 4.75. The molecule has 0 fully saturated rings. The van der Waals surface area contributed by atoms with Gasteiger partial charge in [0.05, 0.1) is 0 Å². The SMILES string of the molecule is CC(=O)OC(CCSc1ccc(C)cc1)C(C)[N+](=O)[O-]. The van der Waals surface area contributed by atoms with Gasteiger partial charge in [0.2, 0.25) is 6.04 Å². The summed E-state index contributed by atoms with van der Waals surface area (Å²) in [6, 6.07) is 7.17. The summed E-state index contributed by atoms with van der Waals surface area (Å²) in [4.78, 5) is 22.5. The molecule has 0 aliphatic rings. The summed E-state index contributed by atoms with van der Waals surface area (Å²) < 4.78 is 5.04. The zero-order valence-electron chi connectivity index (χ0n) is 11.9. The fourth-order valence-electron chi connectivity index (χ4n) is 1.67. The summed E-state index contributed by atoms with van der Waals surface area (Å²) in [6.07, 6.45) is -0.222. The first-order valence-electron chi connectivity index (χ1n) is 6.40. The number of hydrogen-bond acceptors (Lipinski definition) is 5. The summed E-state index contributed by atoms with van der Waals surface area (Å²) >= 11 is 1.60. The Morgan fingerprint density at radius 1 is 1.40 bits per heavy atom. The van der Waals surface area contributed by atoms with Crippen LogP contribution in [0.5, 0.6) is 0 Å². The molecule has 6 heteroatoms. The molecule has 0 heterocycles. The highest BCUT2D eigenvalue weighted by atomic mass is 32.2. The average molecular weight is 297 g/mol. The number of ether oxygens (including phenoxy) is 1. The zero-order chi connectivity index (χ0) is 15.1. The van der Waals surface area contributed by atoms with Crippen molar-refractivity contribution in [3.63, 3.8) is 0 Å². The Labute approximate surface area is 122 Å². The molecule has 0 aliphatic heterocycles. The Bertz CT molecular complexity index is 461. The molecule has 20 heavy (non-hydrogen) atoms. The lowest BCUT2D eigenvalue weighted by Crippen LogP contribution is -2.35. The molecule has 2 atom stereocenters. The predicted molar refractivity (Wildman–Crippen MR) is 78.5 cm³/mol. The summed E-state index contributed by atoms with van der Waals surface area (Å²) in [5.74, 6) is 0.183. The number of carbonyl (C=O) groups is 1. The minimum Gasteiger partial charge on any atom is -0.455 e. The highest BCUT2D eigenvalue weighted by Crippen LogP contribution is 2.21. The first kappa shape index (κ1) is 16.5. The second kappa shape index (κ2) is 7.89. The Kier molecular flexibility index (Phi) is 6.51. The molecule has 0 radical (unpaired) electrons. The van der Waals surface area contributed by atoms with Crippen molar-refractivity contribution >= 4 is 17.7 Å². The minimum absolute atomic E-state index is 0.413. The van der Waals surface area contributed by atoms with Gasteiger partial charge in [0.1, 0.15) is 0 Å². The first-order valence-corrected chi connectivity index (χ1v) is 7.39. The van der Waals surface area contributed by atoms with Crippen molar-refractivity contribution in [2.75, 3.05) is 5.75 Å². The number of benzene rings is 1. The molecule has 0 saturated carbocycles. The molecule has 0 saturated heterocycles. The van der Waals surface area contributed by atoms with E-state index >= 15 is 0 Å². The number of carbonyl (C=O) groups excluding carboxylic acids is 1.